The first kappa shape index (κ1) is 18.0. The number of rotatable bonds is 9. The summed E-state index contributed by atoms with van der Waals surface area (Å²) in [6.45, 7) is 12.9. The van der Waals surface area contributed by atoms with Crippen LogP contribution in [-0.2, 0) is 0 Å². The Labute approximate surface area is 121 Å². The van der Waals surface area contributed by atoms with Crippen LogP contribution in [0.5, 0.6) is 0 Å². The lowest BCUT2D eigenvalue weighted by atomic mass is 9.88. The Morgan fingerprint density at radius 2 is 1.79 bits per heavy atom. The Morgan fingerprint density at radius 3 is 2.42 bits per heavy atom. The Kier molecular flexibility index (Phi) is 10.4. The Hall–Kier alpha value is -0.960. The zero-order valence-corrected chi connectivity index (χ0v) is 13.5. The molecule has 0 amide bonds. The van der Waals surface area contributed by atoms with Crippen molar-refractivity contribution in [2.24, 2.45) is 11.3 Å². The lowest BCUT2D eigenvalue weighted by Gasteiger charge is -2.18. The van der Waals surface area contributed by atoms with Crippen LogP contribution in [0.4, 0.5) is 0 Å². The summed E-state index contributed by atoms with van der Waals surface area (Å²) in [5.74, 6) is 0.872. The molecule has 0 aromatic heterocycles. The molecule has 108 valence electrons. The van der Waals surface area contributed by atoms with E-state index in [0.29, 0.717) is 5.41 Å². The second-order valence-electron chi connectivity index (χ2n) is 6.76. The highest BCUT2D eigenvalue weighted by Gasteiger charge is 2.09. The van der Waals surface area contributed by atoms with Gasteiger partial charge < -0.3 is 0 Å². The largest absolute Gasteiger partial charge is 0.0839 e. The van der Waals surface area contributed by atoms with Crippen LogP contribution in [-0.4, -0.2) is 0 Å². The molecule has 1 atom stereocenters. The lowest BCUT2D eigenvalue weighted by Crippen LogP contribution is -2.04. The van der Waals surface area contributed by atoms with E-state index in [9.17, 15) is 0 Å². The van der Waals surface area contributed by atoms with E-state index in [1.54, 1.807) is 0 Å². The second-order valence-corrected chi connectivity index (χ2v) is 6.76. The highest BCUT2D eigenvalue weighted by atomic mass is 14.2. The molecule has 0 aromatic rings. The van der Waals surface area contributed by atoms with Crippen LogP contribution in [0.1, 0.15) is 72.6 Å². The van der Waals surface area contributed by atoms with Gasteiger partial charge in [-0.1, -0.05) is 77.0 Å². The van der Waals surface area contributed by atoms with Crippen LogP contribution in [0.2, 0.25) is 0 Å². The summed E-state index contributed by atoms with van der Waals surface area (Å²) in [4.78, 5) is 0. The van der Waals surface area contributed by atoms with Crippen LogP contribution < -0.4 is 0 Å². The minimum Gasteiger partial charge on any atom is -0.0839 e. The molecule has 0 aliphatic carbocycles. The van der Waals surface area contributed by atoms with Gasteiger partial charge in [0.25, 0.3) is 0 Å². The van der Waals surface area contributed by atoms with Gasteiger partial charge in [0, 0.05) is 0 Å². The van der Waals surface area contributed by atoms with Crippen molar-refractivity contribution in [1.82, 2.24) is 0 Å². The molecule has 0 N–H and O–H groups in total. The number of hydrogen-bond donors (Lipinski definition) is 0. The summed E-state index contributed by atoms with van der Waals surface area (Å²) >= 11 is 0. The molecule has 0 radical (unpaired) electrons. The van der Waals surface area contributed by atoms with Crippen molar-refractivity contribution in [3.05, 3.63) is 36.3 Å². The van der Waals surface area contributed by atoms with Crippen LogP contribution in [0.3, 0.4) is 0 Å². The van der Waals surface area contributed by atoms with Gasteiger partial charge in [0.2, 0.25) is 0 Å². The van der Waals surface area contributed by atoms with Crippen molar-refractivity contribution in [3.63, 3.8) is 0 Å². The average Bonchev–Trinajstić information content (AvgIpc) is 2.32. The quantitative estimate of drug-likeness (QED) is 0.254. The summed E-state index contributed by atoms with van der Waals surface area (Å²) in [6.07, 6.45) is 15.4. The summed E-state index contributed by atoms with van der Waals surface area (Å²) in [5, 5.41) is 0. The summed E-state index contributed by atoms with van der Waals surface area (Å²) < 4.78 is 0. The fraction of sp³-hybridized carbons (Fsp3) is 0.684. The highest BCUT2D eigenvalue weighted by Crippen LogP contribution is 2.24. The highest BCUT2D eigenvalue weighted by molar-refractivity contribution is 5.01. The first-order valence-corrected chi connectivity index (χ1v) is 7.71. The fourth-order valence-corrected chi connectivity index (χ4v) is 2.15. The minimum absolute atomic E-state index is 0.501. The van der Waals surface area contributed by atoms with E-state index < -0.39 is 0 Å². The second kappa shape index (κ2) is 10.9. The third-order valence-electron chi connectivity index (χ3n) is 3.36. The minimum atomic E-state index is 0.501. The maximum atomic E-state index is 3.47. The van der Waals surface area contributed by atoms with Crippen molar-refractivity contribution in [3.8, 4) is 0 Å². The van der Waals surface area contributed by atoms with Crippen molar-refractivity contribution in [1.29, 1.82) is 0 Å². The van der Waals surface area contributed by atoms with Crippen molar-refractivity contribution in [2.75, 3.05) is 0 Å². The molecule has 1 unspecified atom stereocenters. The molecule has 0 rings (SSSR count). The Balaban J connectivity index is 3.49. The molecule has 0 nitrogen and oxygen atoms in total. The van der Waals surface area contributed by atoms with E-state index in [4.69, 9.17) is 0 Å². The zero-order valence-electron chi connectivity index (χ0n) is 13.5. The lowest BCUT2D eigenvalue weighted by molar-refractivity contribution is 0.346. The Bertz CT molecular complexity index is 314. The van der Waals surface area contributed by atoms with Crippen molar-refractivity contribution in [2.45, 2.75) is 72.6 Å². The molecule has 0 aliphatic heterocycles. The number of unbranched alkanes of at least 4 members (excludes halogenated alkanes) is 2. The number of allylic oxidation sites excluding steroid dienone is 3. The number of hydrogen-bond acceptors (Lipinski definition) is 0. The molecular weight excluding hydrogens is 228 g/mol. The standard InChI is InChI=1S/C19H32/c1-6-7-8-9-10-11-12-15-18(2)16-13-14-17-19(3,4)5/h8-10,18H,1,11-17H2,2-5H3. The van der Waals surface area contributed by atoms with Gasteiger partial charge in [0.05, 0.1) is 0 Å². The predicted octanol–water partition coefficient (Wildman–Crippen LogP) is 6.45. The molecule has 0 aromatic carbocycles. The Morgan fingerprint density at radius 1 is 1.11 bits per heavy atom. The van der Waals surface area contributed by atoms with E-state index in [0.717, 1.165) is 5.92 Å². The van der Waals surface area contributed by atoms with Gasteiger partial charge in [-0.25, -0.2) is 0 Å². The van der Waals surface area contributed by atoms with E-state index >= 15 is 0 Å². The zero-order chi connectivity index (χ0) is 14.6. The average molecular weight is 260 g/mol. The maximum Gasteiger partial charge on any atom is -0.0119 e. The summed E-state index contributed by atoms with van der Waals surface area (Å²) in [7, 11) is 0. The molecule has 0 aliphatic rings. The first-order valence-electron chi connectivity index (χ1n) is 7.71. The molecular formula is C19H32. The van der Waals surface area contributed by atoms with Crippen molar-refractivity contribution >= 4 is 0 Å². The normalized spacial score (nSPS) is 13.1. The maximum absolute atomic E-state index is 3.47. The van der Waals surface area contributed by atoms with E-state index in [1.807, 2.05) is 12.2 Å². The summed E-state index contributed by atoms with van der Waals surface area (Å²) in [6, 6.07) is 0. The molecule has 19 heavy (non-hydrogen) atoms. The fourth-order valence-electron chi connectivity index (χ4n) is 2.15. The van der Waals surface area contributed by atoms with Gasteiger partial charge in [-0.05, 0) is 43.3 Å². The smallest absolute Gasteiger partial charge is 0.0119 e. The monoisotopic (exact) mass is 260 g/mol. The van der Waals surface area contributed by atoms with Gasteiger partial charge >= 0.3 is 0 Å². The van der Waals surface area contributed by atoms with E-state index in [2.05, 4.69) is 51.8 Å². The van der Waals surface area contributed by atoms with Gasteiger partial charge in [0.1, 0.15) is 0 Å². The topological polar surface area (TPSA) is 0 Å². The third-order valence-corrected chi connectivity index (χ3v) is 3.36. The molecule has 0 saturated heterocycles. The summed E-state index contributed by atoms with van der Waals surface area (Å²) in [5.41, 5.74) is 5.93. The van der Waals surface area contributed by atoms with Gasteiger partial charge in [-0.2, -0.15) is 0 Å². The van der Waals surface area contributed by atoms with Crippen LogP contribution in [0.25, 0.3) is 0 Å². The van der Waals surface area contributed by atoms with Gasteiger partial charge in [-0.3, -0.25) is 0 Å². The van der Waals surface area contributed by atoms with Gasteiger partial charge in [-0.15, -0.1) is 0 Å². The van der Waals surface area contributed by atoms with Crippen LogP contribution >= 0.6 is 0 Å². The molecule has 0 bridgehead atoms. The predicted molar refractivity (Wildman–Crippen MR) is 87.3 cm³/mol. The van der Waals surface area contributed by atoms with Gasteiger partial charge in [0.15, 0.2) is 0 Å². The van der Waals surface area contributed by atoms with Crippen molar-refractivity contribution < 1.29 is 0 Å². The van der Waals surface area contributed by atoms with E-state index in [-0.39, 0.29) is 0 Å². The van der Waals surface area contributed by atoms with Crippen LogP contribution in [0.15, 0.2) is 36.3 Å². The van der Waals surface area contributed by atoms with E-state index in [1.165, 1.54) is 44.9 Å². The first-order chi connectivity index (χ1) is 8.95. The molecule has 0 heteroatoms. The molecule has 0 fully saturated rings. The molecule has 0 saturated carbocycles. The molecule has 0 spiro atoms. The molecule has 0 heterocycles. The third kappa shape index (κ3) is 15.0. The van der Waals surface area contributed by atoms with Crippen LogP contribution in [0, 0.1) is 11.3 Å². The SMILES string of the molecule is C=C=C=CC=CCCCC(C)CCCCC(C)(C)C.